The molecular weight excluding hydrogens is 564 g/mol. The normalized spacial score (nSPS) is 31.6. The molecule has 1 unspecified atom stereocenters. The van der Waals surface area contributed by atoms with E-state index in [9.17, 15) is 45.6 Å². The minimum atomic E-state index is -1.77. The third-order valence-electron chi connectivity index (χ3n) is 7.05. The summed E-state index contributed by atoms with van der Waals surface area (Å²) in [7, 11) is 1.38. The molecule has 1 aromatic heterocycles. The Hall–Kier alpha value is -3.51. The molecule has 0 saturated carbocycles. The van der Waals surface area contributed by atoms with E-state index in [1.807, 2.05) is 0 Å². The molecule has 228 valence electrons. The van der Waals surface area contributed by atoms with E-state index in [0.29, 0.717) is 5.56 Å². The highest BCUT2D eigenvalue weighted by molar-refractivity contribution is 5.86. The van der Waals surface area contributed by atoms with Crippen LogP contribution in [0.4, 0.5) is 0 Å². The van der Waals surface area contributed by atoms with Crippen molar-refractivity contribution >= 4 is 11.0 Å². The lowest BCUT2D eigenvalue weighted by Crippen LogP contribution is -2.61. The fourth-order valence-corrected chi connectivity index (χ4v) is 4.70. The van der Waals surface area contributed by atoms with E-state index in [0.717, 1.165) is 12.1 Å². The number of fused-ring (bicyclic) bond motifs is 1. The molecule has 0 spiro atoms. The van der Waals surface area contributed by atoms with Gasteiger partial charge in [-0.1, -0.05) is 0 Å². The van der Waals surface area contributed by atoms with Crippen molar-refractivity contribution in [2.75, 3.05) is 20.3 Å². The van der Waals surface area contributed by atoms with Crippen LogP contribution in [0.25, 0.3) is 22.3 Å². The standard InChI is InChI=1S/C27H30O15/c1-37-16-3-2-10(4-12(16)28)17-7-14(30)20-13(29)5-11(6-18(20)41-17)40-27-25(36)23(34)22(33)19(42-27)9-39-26-24(35)21(32)15(31)8-38-26/h2-7,15,19,21-29,31-36H,8-9H2,1H3/t15-,19+,21-,22+,23-,24+,25+,26?,27+/m0/s1. The number of aliphatic hydroxyl groups is 6. The summed E-state index contributed by atoms with van der Waals surface area (Å²) in [5.41, 5.74) is -0.379. The molecule has 0 amide bonds. The molecule has 2 fully saturated rings. The Labute approximate surface area is 236 Å². The molecular formula is C27H30O15. The smallest absolute Gasteiger partial charge is 0.229 e. The fraction of sp³-hybridized carbons (Fsp3) is 0.444. The van der Waals surface area contributed by atoms with Crippen molar-refractivity contribution in [2.45, 2.75) is 55.3 Å². The summed E-state index contributed by atoms with van der Waals surface area (Å²) in [6.07, 6.45) is -14.0. The van der Waals surface area contributed by atoms with Crippen LogP contribution in [0.15, 0.2) is 45.6 Å². The van der Waals surface area contributed by atoms with E-state index in [2.05, 4.69) is 0 Å². The first kappa shape index (κ1) is 30.0. The summed E-state index contributed by atoms with van der Waals surface area (Å²) in [4.78, 5) is 12.8. The second kappa shape index (κ2) is 12.0. The van der Waals surface area contributed by atoms with Gasteiger partial charge < -0.3 is 69.0 Å². The van der Waals surface area contributed by atoms with Crippen molar-refractivity contribution < 1.29 is 69.0 Å². The number of rotatable bonds is 7. The molecule has 15 nitrogen and oxygen atoms in total. The minimum Gasteiger partial charge on any atom is -0.507 e. The Morgan fingerprint density at radius 2 is 1.60 bits per heavy atom. The largest absolute Gasteiger partial charge is 0.507 e. The lowest BCUT2D eigenvalue weighted by Gasteiger charge is -2.41. The highest BCUT2D eigenvalue weighted by Crippen LogP contribution is 2.35. The van der Waals surface area contributed by atoms with Crippen LogP contribution in [-0.4, -0.2) is 116 Å². The van der Waals surface area contributed by atoms with Crippen molar-refractivity contribution in [1.29, 1.82) is 0 Å². The number of aromatic hydroxyl groups is 2. The van der Waals surface area contributed by atoms with Gasteiger partial charge in [0.25, 0.3) is 0 Å². The maximum absolute atomic E-state index is 12.8. The third kappa shape index (κ3) is 5.74. The van der Waals surface area contributed by atoms with E-state index >= 15 is 0 Å². The molecule has 9 atom stereocenters. The highest BCUT2D eigenvalue weighted by atomic mass is 16.7. The van der Waals surface area contributed by atoms with E-state index < -0.39 is 73.1 Å². The lowest BCUT2D eigenvalue weighted by molar-refractivity contribution is -0.307. The second-order valence-corrected chi connectivity index (χ2v) is 9.89. The van der Waals surface area contributed by atoms with Gasteiger partial charge in [-0.15, -0.1) is 0 Å². The van der Waals surface area contributed by atoms with Crippen molar-refractivity contribution in [1.82, 2.24) is 0 Å². The van der Waals surface area contributed by atoms with Gasteiger partial charge in [0.2, 0.25) is 6.29 Å². The molecule has 2 aliphatic rings. The summed E-state index contributed by atoms with van der Waals surface area (Å²) in [5.74, 6) is -0.602. The first-order chi connectivity index (χ1) is 20.0. The molecule has 3 heterocycles. The van der Waals surface area contributed by atoms with Gasteiger partial charge in [0.05, 0.1) is 20.3 Å². The molecule has 0 aliphatic carbocycles. The van der Waals surface area contributed by atoms with Crippen LogP contribution in [0, 0.1) is 0 Å². The topological polar surface area (TPSA) is 238 Å². The average molecular weight is 595 g/mol. The Morgan fingerprint density at radius 3 is 2.31 bits per heavy atom. The highest BCUT2D eigenvalue weighted by Gasteiger charge is 2.46. The minimum absolute atomic E-state index is 0.0523. The number of methoxy groups -OCH3 is 1. The van der Waals surface area contributed by atoms with Gasteiger partial charge in [0, 0.05) is 23.8 Å². The van der Waals surface area contributed by atoms with Gasteiger partial charge in [0.1, 0.15) is 71.0 Å². The zero-order valence-electron chi connectivity index (χ0n) is 22.0. The van der Waals surface area contributed by atoms with Gasteiger partial charge >= 0.3 is 0 Å². The number of phenols is 2. The number of aliphatic hydroxyl groups excluding tert-OH is 6. The van der Waals surface area contributed by atoms with Gasteiger partial charge in [-0.2, -0.15) is 0 Å². The molecule has 0 bridgehead atoms. The van der Waals surface area contributed by atoms with Crippen LogP contribution < -0.4 is 14.9 Å². The van der Waals surface area contributed by atoms with Crippen LogP contribution in [0.1, 0.15) is 0 Å². The van der Waals surface area contributed by atoms with E-state index in [1.165, 1.54) is 25.3 Å². The average Bonchev–Trinajstić information content (AvgIpc) is 2.96. The van der Waals surface area contributed by atoms with Crippen molar-refractivity contribution in [3.63, 3.8) is 0 Å². The molecule has 15 heteroatoms. The number of hydrogen-bond donors (Lipinski definition) is 8. The second-order valence-electron chi connectivity index (χ2n) is 9.89. The Kier molecular flexibility index (Phi) is 8.56. The lowest BCUT2D eigenvalue weighted by atomic mass is 9.99. The summed E-state index contributed by atoms with van der Waals surface area (Å²) in [6, 6.07) is 7.78. The Morgan fingerprint density at radius 1 is 0.857 bits per heavy atom. The summed E-state index contributed by atoms with van der Waals surface area (Å²) in [5, 5.41) is 81.3. The first-order valence-corrected chi connectivity index (χ1v) is 12.8. The predicted octanol–water partition coefficient (Wildman–Crippen LogP) is -1.48. The predicted molar refractivity (Wildman–Crippen MR) is 139 cm³/mol. The first-order valence-electron chi connectivity index (χ1n) is 12.8. The van der Waals surface area contributed by atoms with Crippen LogP contribution in [0.5, 0.6) is 23.0 Å². The molecule has 8 N–H and O–H groups in total. The maximum atomic E-state index is 12.8. The number of hydrogen-bond acceptors (Lipinski definition) is 15. The molecule has 42 heavy (non-hydrogen) atoms. The van der Waals surface area contributed by atoms with E-state index in [-0.39, 0.29) is 40.6 Å². The van der Waals surface area contributed by atoms with E-state index in [4.69, 9.17) is 28.1 Å². The summed E-state index contributed by atoms with van der Waals surface area (Å²) >= 11 is 0. The van der Waals surface area contributed by atoms with Crippen LogP contribution >= 0.6 is 0 Å². The van der Waals surface area contributed by atoms with E-state index in [1.54, 1.807) is 6.07 Å². The van der Waals surface area contributed by atoms with Gasteiger partial charge in [-0.25, -0.2) is 0 Å². The van der Waals surface area contributed by atoms with Crippen LogP contribution in [-0.2, 0) is 14.2 Å². The number of phenolic OH excluding ortho intramolecular Hbond substituents is 2. The quantitative estimate of drug-likeness (QED) is 0.156. The molecule has 3 aromatic rings. The van der Waals surface area contributed by atoms with Crippen molar-refractivity contribution in [3.8, 4) is 34.3 Å². The fourth-order valence-electron chi connectivity index (χ4n) is 4.70. The summed E-state index contributed by atoms with van der Waals surface area (Å²) < 4.78 is 32.6. The zero-order chi connectivity index (χ0) is 30.3. The van der Waals surface area contributed by atoms with Gasteiger partial charge in [-0.3, -0.25) is 4.79 Å². The van der Waals surface area contributed by atoms with Crippen LogP contribution in [0.3, 0.4) is 0 Å². The SMILES string of the molecule is COc1ccc(-c2cc(=O)c3c(O)cc(O[C@@H]4O[C@H](COC5OC[C@H](O)[C@H](O)[C@H]5O)[C@@H](O)[C@H](O)[C@H]4O)cc3o2)cc1O. The van der Waals surface area contributed by atoms with Crippen molar-refractivity contribution in [2.24, 2.45) is 0 Å². The van der Waals surface area contributed by atoms with Gasteiger partial charge in [0.15, 0.2) is 23.2 Å². The zero-order valence-corrected chi connectivity index (χ0v) is 22.0. The number of benzene rings is 2. The number of ether oxygens (including phenoxy) is 5. The molecule has 2 aromatic carbocycles. The van der Waals surface area contributed by atoms with Crippen molar-refractivity contribution in [3.05, 3.63) is 46.6 Å². The molecule has 2 saturated heterocycles. The van der Waals surface area contributed by atoms with Gasteiger partial charge in [-0.05, 0) is 18.2 Å². The Balaban J connectivity index is 1.36. The summed E-state index contributed by atoms with van der Waals surface area (Å²) in [6.45, 7) is -0.821. The Bertz CT molecular complexity index is 1470. The maximum Gasteiger partial charge on any atom is 0.229 e. The van der Waals surface area contributed by atoms with Crippen LogP contribution in [0.2, 0.25) is 0 Å². The monoisotopic (exact) mass is 594 g/mol. The molecule has 2 aliphatic heterocycles. The molecule has 5 rings (SSSR count). The third-order valence-corrected chi connectivity index (χ3v) is 7.05. The molecule has 0 radical (unpaired) electrons.